The van der Waals surface area contributed by atoms with Crippen LogP contribution in [0, 0.1) is 5.82 Å². The Hall–Kier alpha value is -2.78. The summed E-state index contributed by atoms with van der Waals surface area (Å²) in [5.74, 6) is -2.03. The van der Waals surface area contributed by atoms with Gasteiger partial charge in [-0.3, -0.25) is 14.9 Å². The highest BCUT2D eigenvalue weighted by molar-refractivity contribution is 9.10. The van der Waals surface area contributed by atoms with E-state index in [2.05, 4.69) is 21.2 Å². The lowest BCUT2D eigenvalue weighted by Crippen LogP contribution is -2.54. The van der Waals surface area contributed by atoms with Gasteiger partial charge in [0.25, 0.3) is 11.8 Å². The Kier molecular flexibility index (Phi) is 5.76. The van der Waals surface area contributed by atoms with Crippen molar-refractivity contribution in [2.45, 2.75) is 6.92 Å². The number of carbonyl (C=O) groups excluding carboxylic acids is 2. The molecule has 2 aromatic rings. The molecule has 0 unspecified atom stereocenters. The van der Waals surface area contributed by atoms with E-state index >= 15 is 0 Å². The van der Waals surface area contributed by atoms with Gasteiger partial charge in [0.15, 0.2) is 16.6 Å². The highest BCUT2D eigenvalue weighted by Crippen LogP contribution is 2.34. The van der Waals surface area contributed by atoms with Crippen LogP contribution in [0.4, 0.5) is 10.1 Å². The molecule has 6 nitrogen and oxygen atoms in total. The highest BCUT2D eigenvalue weighted by atomic mass is 79.9. The number of halogens is 2. The average Bonchev–Trinajstić information content (AvgIpc) is 2.63. The normalized spacial score (nSPS) is 15.8. The Morgan fingerprint density at radius 2 is 2.04 bits per heavy atom. The first-order valence-corrected chi connectivity index (χ1v) is 9.35. The number of benzene rings is 2. The highest BCUT2D eigenvalue weighted by Gasteiger charge is 2.35. The molecule has 0 spiro atoms. The summed E-state index contributed by atoms with van der Waals surface area (Å²) in [6.07, 6.45) is 1.32. The molecule has 1 fully saturated rings. The van der Waals surface area contributed by atoms with Gasteiger partial charge in [0, 0.05) is 4.47 Å². The summed E-state index contributed by atoms with van der Waals surface area (Å²) in [5.41, 5.74) is 0.106. The summed E-state index contributed by atoms with van der Waals surface area (Å²) in [7, 11) is 0. The topological polar surface area (TPSA) is 78.9 Å². The van der Waals surface area contributed by atoms with Crippen LogP contribution in [0.25, 0.3) is 6.08 Å². The summed E-state index contributed by atoms with van der Waals surface area (Å²) in [6, 6.07) is 8.49. The van der Waals surface area contributed by atoms with Crippen molar-refractivity contribution in [2.75, 3.05) is 11.5 Å². The number of nitrogens with zero attached hydrogens (tertiary/aromatic N) is 1. The van der Waals surface area contributed by atoms with E-state index in [4.69, 9.17) is 17.0 Å². The van der Waals surface area contributed by atoms with Crippen molar-refractivity contribution >= 4 is 56.8 Å². The van der Waals surface area contributed by atoms with Crippen molar-refractivity contribution < 1.29 is 23.8 Å². The second-order valence-electron chi connectivity index (χ2n) is 5.68. The first kappa shape index (κ1) is 20.0. The molecule has 2 amide bonds. The van der Waals surface area contributed by atoms with E-state index in [9.17, 15) is 19.1 Å². The molecule has 0 atom stereocenters. The van der Waals surface area contributed by atoms with Crippen LogP contribution in [0.15, 0.2) is 46.4 Å². The molecule has 0 aliphatic carbocycles. The minimum atomic E-state index is -0.767. The quantitative estimate of drug-likeness (QED) is 0.411. The van der Waals surface area contributed by atoms with Crippen LogP contribution in [0.5, 0.6) is 11.5 Å². The second kappa shape index (κ2) is 8.07. The van der Waals surface area contributed by atoms with Crippen molar-refractivity contribution in [1.82, 2.24) is 5.32 Å². The molecule has 28 heavy (non-hydrogen) atoms. The fourth-order valence-electron chi connectivity index (χ4n) is 2.61. The molecule has 1 saturated heterocycles. The molecule has 0 saturated carbocycles. The fourth-order valence-corrected chi connectivity index (χ4v) is 3.32. The van der Waals surface area contributed by atoms with Gasteiger partial charge in [-0.1, -0.05) is 28.1 Å². The number of anilines is 1. The van der Waals surface area contributed by atoms with E-state index in [0.717, 1.165) is 4.90 Å². The van der Waals surface area contributed by atoms with Crippen LogP contribution >= 0.6 is 28.1 Å². The third kappa shape index (κ3) is 3.76. The summed E-state index contributed by atoms with van der Waals surface area (Å²) in [4.78, 5) is 26.2. The number of para-hydroxylation sites is 1. The van der Waals surface area contributed by atoms with Gasteiger partial charge in [0.1, 0.15) is 11.4 Å². The van der Waals surface area contributed by atoms with Crippen LogP contribution in [-0.4, -0.2) is 28.6 Å². The third-order valence-electron chi connectivity index (χ3n) is 3.87. The largest absolute Gasteiger partial charge is 0.504 e. The van der Waals surface area contributed by atoms with Crippen LogP contribution in [0.1, 0.15) is 12.5 Å². The molecule has 0 aromatic heterocycles. The van der Waals surface area contributed by atoms with Crippen LogP contribution in [-0.2, 0) is 9.59 Å². The minimum Gasteiger partial charge on any atom is -0.504 e. The fraction of sp³-hybridized carbons (Fsp3) is 0.105. The predicted octanol–water partition coefficient (Wildman–Crippen LogP) is 3.52. The maximum Gasteiger partial charge on any atom is 0.270 e. The summed E-state index contributed by atoms with van der Waals surface area (Å²) in [6.45, 7) is 2.07. The number of amides is 2. The van der Waals surface area contributed by atoms with Gasteiger partial charge in [-0.15, -0.1) is 0 Å². The Balaban J connectivity index is 2.07. The number of hydrogen-bond donors (Lipinski definition) is 2. The van der Waals surface area contributed by atoms with Crippen molar-refractivity contribution in [3.05, 3.63) is 57.8 Å². The van der Waals surface area contributed by atoms with E-state index < -0.39 is 17.6 Å². The second-order valence-corrected chi connectivity index (χ2v) is 6.92. The molecular weight excluding hydrogens is 451 g/mol. The smallest absolute Gasteiger partial charge is 0.270 e. The van der Waals surface area contributed by atoms with E-state index in [1.807, 2.05) is 0 Å². The Morgan fingerprint density at radius 3 is 2.71 bits per heavy atom. The van der Waals surface area contributed by atoms with Gasteiger partial charge >= 0.3 is 0 Å². The number of aromatic hydroxyl groups is 1. The van der Waals surface area contributed by atoms with Gasteiger partial charge in [-0.2, -0.15) is 0 Å². The zero-order chi connectivity index (χ0) is 20.4. The molecule has 2 aromatic carbocycles. The Labute approximate surface area is 173 Å². The van der Waals surface area contributed by atoms with Crippen LogP contribution in [0.3, 0.4) is 0 Å². The van der Waals surface area contributed by atoms with Crippen LogP contribution < -0.4 is 15.0 Å². The van der Waals surface area contributed by atoms with E-state index in [1.54, 1.807) is 13.0 Å². The molecule has 3 rings (SSSR count). The molecule has 9 heteroatoms. The minimum absolute atomic E-state index is 0.0665. The summed E-state index contributed by atoms with van der Waals surface area (Å²) in [5, 5.41) is 12.1. The van der Waals surface area contributed by atoms with Gasteiger partial charge in [0.2, 0.25) is 0 Å². The lowest BCUT2D eigenvalue weighted by atomic mass is 10.1. The number of hydrogen-bond acceptors (Lipinski definition) is 5. The van der Waals surface area contributed by atoms with Crippen molar-refractivity contribution in [3.63, 3.8) is 0 Å². The molecule has 0 bridgehead atoms. The zero-order valence-corrected chi connectivity index (χ0v) is 16.9. The first-order valence-electron chi connectivity index (χ1n) is 8.14. The summed E-state index contributed by atoms with van der Waals surface area (Å²) >= 11 is 8.34. The number of phenols is 1. The average molecular weight is 465 g/mol. The Bertz CT molecular complexity index is 1020. The monoisotopic (exact) mass is 464 g/mol. The van der Waals surface area contributed by atoms with E-state index in [1.165, 1.54) is 36.4 Å². The molecule has 0 radical (unpaired) electrons. The standard InChI is InChI=1S/C19H14BrFN2O4S/c1-2-27-16-8-10(12(20)9-15(16)24)7-11-17(25)22-19(28)23(18(11)26)14-6-4-3-5-13(14)21/h3-9,24H,2H2,1H3,(H,22,25,28). The zero-order valence-electron chi connectivity index (χ0n) is 14.5. The summed E-state index contributed by atoms with van der Waals surface area (Å²) < 4.78 is 19.9. The molecule has 1 aliphatic rings. The maximum atomic E-state index is 14.2. The number of ether oxygens (including phenoxy) is 1. The van der Waals surface area contributed by atoms with Crippen molar-refractivity contribution in [2.24, 2.45) is 0 Å². The molecule has 1 aliphatic heterocycles. The third-order valence-corrected chi connectivity index (χ3v) is 4.84. The molecular formula is C19H14BrFN2O4S. The van der Waals surface area contributed by atoms with E-state index in [0.29, 0.717) is 16.6 Å². The molecule has 144 valence electrons. The van der Waals surface area contributed by atoms with Crippen molar-refractivity contribution in [3.8, 4) is 11.5 Å². The van der Waals surface area contributed by atoms with Gasteiger partial charge in [-0.25, -0.2) is 9.29 Å². The molecule has 1 heterocycles. The van der Waals surface area contributed by atoms with Crippen LogP contribution in [0.2, 0.25) is 0 Å². The predicted molar refractivity (Wildman–Crippen MR) is 110 cm³/mol. The maximum absolute atomic E-state index is 14.2. The van der Waals surface area contributed by atoms with Gasteiger partial charge in [-0.05, 0) is 55.0 Å². The number of carbonyl (C=O) groups is 2. The lowest BCUT2D eigenvalue weighted by molar-refractivity contribution is -0.122. The first-order chi connectivity index (χ1) is 13.3. The van der Waals surface area contributed by atoms with Gasteiger partial charge in [0.05, 0.1) is 12.3 Å². The van der Waals surface area contributed by atoms with E-state index in [-0.39, 0.29) is 27.9 Å². The number of phenolic OH excluding ortho intramolecular Hbond substituents is 1. The Morgan fingerprint density at radius 1 is 1.32 bits per heavy atom. The number of rotatable bonds is 4. The number of thiocarbonyl (C=S) groups is 1. The SMILES string of the molecule is CCOc1cc(C=C2C(=O)NC(=S)N(c3ccccc3F)C2=O)c(Br)cc1O. The lowest BCUT2D eigenvalue weighted by Gasteiger charge is -2.29. The number of nitrogens with one attached hydrogen (secondary N) is 1. The molecule has 2 N–H and O–H groups in total. The van der Waals surface area contributed by atoms with Crippen molar-refractivity contribution in [1.29, 1.82) is 0 Å². The van der Waals surface area contributed by atoms with Gasteiger partial charge < -0.3 is 9.84 Å².